The van der Waals surface area contributed by atoms with E-state index in [1.165, 1.54) is 12.1 Å². The first-order valence-electron chi connectivity index (χ1n) is 9.58. The van der Waals surface area contributed by atoms with E-state index in [1.807, 2.05) is 12.1 Å². The highest BCUT2D eigenvalue weighted by Crippen LogP contribution is 2.24. The second-order valence-corrected chi connectivity index (χ2v) is 10.5. The van der Waals surface area contributed by atoms with Gasteiger partial charge in [-0.1, -0.05) is 58.8 Å². The largest absolute Gasteiger partial charge is 0.491 e. The first kappa shape index (κ1) is 22.8. The van der Waals surface area contributed by atoms with E-state index in [1.54, 1.807) is 47.0 Å². The molecule has 4 aromatic rings. The number of nitrogens with zero attached hydrogens (tertiary/aromatic N) is 1. The topological polar surface area (TPSA) is 77.4 Å². The lowest BCUT2D eigenvalue weighted by Gasteiger charge is -2.10. The number of rotatable bonds is 8. The molecule has 10 heteroatoms. The van der Waals surface area contributed by atoms with Gasteiger partial charge in [-0.25, -0.2) is 13.1 Å². The van der Waals surface area contributed by atoms with Crippen molar-refractivity contribution in [3.63, 3.8) is 0 Å². The fraction of sp³-hybridized carbons (Fsp3) is 0.136. The van der Waals surface area contributed by atoms with Crippen LogP contribution in [-0.4, -0.2) is 26.1 Å². The van der Waals surface area contributed by atoms with Gasteiger partial charge in [-0.15, -0.1) is 0 Å². The molecule has 0 saturated carbocycles. The van der Waals surface area contributed by atoms with Crippen LogP contribution < -0.4 is 14.3 Å². The molecule has 0 amide bonds. The van der Waals surface area contributed by atoms with Crippen LogP contribution >= 0.6 is 34.5 Å². The van der Waals surface area contributed by atoms with Crippen molar-refractivity contribution in [2.75, 3.05) is 13.2 Å². The molecule has 4 rings (SSSR count). The Bertz CT molecular complexity index is 1410. The quantitative estimate of drug-likeness (QED) is 0.347. The number of thiazole rings is 1. The molecule has 0 atom stereocenters. The summed E-state index contributed by atoms with van der Waals surface area (Å²) in [6.45, 7) is 0.565. The van der Waals surface area contributed by atoms with Gasteiger partial charge in [0.1, 0.15) is 12.4 Å². The van der Waals surface area contributed by atoms with E-state index in [4.69, 9.17) is 27.9 Å². The molecule has 0 unspecified atom stereocenters. The lowest BCUT2D eigenvalue weighted by Crippen LogP contribution is -2.28. The second kappa shape index (κ2) is 9.64. The van der Waals surface area contributed by atoms with Crippen molar-refractivity contribution >= 4 is 54.8 Å². The molecule has 0 fully saturated rings. The van der Waals surface area contributed by atoms with Gasteiger partial charge in [0.2, 0.25) is 10.0 Å². The minimum Gasteiger partial charge on any atom is -0.491 e. The summed E-state index contributed by atoms with van der Waals surface area (Å²) < 4.78 is 35.6. The zero-order valence-electron chi connectivity index (χ0n) is 16.6. The Balaban J connectivity index is 1.47. The normalized spacial score (nSPS) is 11.7. The Hall–Kier alpha value is -2.36. The number of aromatic nitrogens is 1. The number of hydrogen-bond acceptors (Lipinski definition) is 5. The zero-order valence-corrected chi connectivity index (χ0v) is 19.8. The maximum Gasteiger partial charge on any atom is 0.308 e. The predicted molar refractivity (Wildman–Crippen MR) is 129 cm³/mol. The van der Waals surface area contributed by atoms with Gasteiger partial charge in [0.15, 0.2) is 0 Å². The number of ether oxygens (including phenoxy) is 1. The maximum absolute atomic E-state index is 12.7. The average molecular weight is 509 g/mol. The Morgan fingerprint density at radius 3 is 2.50 bits per heavy atom. The molecular weight excluding hydrogens is 491 g/mol. The molecule has 6 nitrogen and oxygen atoms in total. The van der Waals surface area contributed by atoms with Gasteiger partial charge in [0.05, 0.1) is 26.7 Å². The summed E-state index contributed by atoms with van der Waals surface area (Å²) in [7, 11) is -3.77. The van der Waals surface area contributed by atoms with Gasteiger partial charge < -0.3 is 4.74 Å². The van der Waals surface area contributed by atoms with Gasteiger partial charge in [0, 0.05) is 11.6 Å². The molecule has 32 heavy (non-hydrogen) atoms. The second-order valence-electron chi connectivity index (χ2n) is 6.89. The molecule has 1 N–H and O–H groups in total. The molecule has 0 bridgehead atoms. The summed E-state index contributed by atoms with van der Waals surface area (Å²) in [6.07, 6.45) is 0. The van der Waals surface area contributed by atoms with Crippen LogP contribution in [0.4, 0.5) is 0 Å². The molecule has 1 aromatic heterocycles. The molecular formula is C22H18Cl2N2O4S2. The van der Waals surface area contributed by atoms with Crippen molar-refractivity contribution in [1.82, 2.24) is 9.29 Å². The lowest BCUT2D eigenvalue weighted by molar-refractivity contribution is 0.323. The molecule has 0 aliphatic carbocycles. The van der Waals surface area contributed by atoms with Gasteiger partial charge in [0.25, 0.3) is 0 Å². The van der Waals surface area contributed by atoms with E-state index in [-0.39, 0.29) is 22.9 Å². The minimum atomic E-state index is -3.77. The first-order chi connectivity index (χ1) is 15.3. The molecule has 3 aromatic carbocycles. The van der Waals surface area contributed by atoms with Crippen LogP contribution in [0, 0.1) is 0 Å². The van der Waals surface area contributed by atoms with Gasteiger partial charge in [-0.2, -0.15) is 0 Å². The number of hydrogen-bond donors (Lipinski definition) is 1. The van der Waals surface area contributed by atoms with E-state index < -0.39 is 10.0 Å². The third-order valence-corrected chi connectivity index (χ3v) is 7.66. The summed E-state index contributed by atoms with van der Waals surface area (Å²) in [5, 5.41) is 1.08. The van der Waals surface area contributed by atoms with Gasteiger partial charge in [-0.05, 0) is 48.0 Å². The fourth-order valence-electron chi connectivity index (χ4n) is 3.12. The van der Waals surface area contributed by atoms with E-state index in [0.717, 1.165) is 16.9 Å². The SMILES string of the molecule is O=c1sc2cc(S(=O)(=O)NCCOc3ccccc3Cl)ccc2n1Cc1ccc(Cl)cc1. The van der Waals surface area contributed by atoms with E-state index in [9.17, 15) is 13.2 Å². The summed E-state index contributed by atoms with van der Waals surface area (Å²) in [6, 6.07) is 18.9. The van der Waals surface area contributed by atoms with Crippen molar-refractivity contribution in [3.8, 4) is 5.75 Å². The van der Waals surface area contributed by atoms with Crippen molar-refractivity contribution in [1.29, 1.82) is 0 Å². The Kier molecular flexibility index (Phi) is 6.88. The molecule has 0 saturated heterocycles. The monoisotopic (exact) mass is 508 g/mol. The first-order valence-corrected chi connectivity index (χ1v) is 12.6. The molecule has 0 spiro atoms. The van der Waals surface area contributed by atoms with E-state index in [0.29, 0.717) is 32.6 Å². The number of nitrogens with one attached hydrogen (secondary N) is 1. The van der Waals surface area contributed by atoms with Crippen molar-refractivity contribution in [2.45, 2.75) is 11.4 Å². The predicted octanol–water partition coefficient (Wildman–Crippen LogP) is 4.78. The molecule has 1 heterocycles. The van der Waals surface area contributed by atoms with Crippen LogP contribution in [0.15, 0.2) is 76.4 Å². The number of fused-ring (bicyclic) bond motifs is 1. The number of para-hydroxylation sites is 1. The van der Waals surface area contributed by atoms with Gasteiger partial charge >= 0.3 is 4.87 Å². The van der Waals surface area contributed by atoms with Crippen LogP contribution in [0.3, 0.4) is 0 Å². The van der Waals surface area contributed by atoms with E-state index in [2.05, 4.69) is 4.72 Å². The lowest BCUT2D eigenvalue weighted by atomic mass is 10.2. The number of halogens is 2. The highest BCUT2D eigenvalue weighted by atomic mass is 35.5. The van der Waals surface area contributed by atoms with Crippen molar-refractivity contribution in [3.05, 3.63) is 92.0 Å². The van der Waals surface area contributed by atoms with Crippen molar-refractivity contribution in [2.24, 2.45) is 0 Å². The molecule has 0 aliphatic rings. The third kappa shape index (κ3) is 5.16. The maximum atomic E-state index is 12.7. The summed E-state index contributed by atoms with van der Waals surface area (Å²) in [5.41, 5.74) is 1.60. The summed E-state index contributed by atoms with van der Waals surface area (Å²) >= 11 is 13.0. The summed E-state index contributed by atoms with van der Waals surface area (Å²) in [4.78, 5) is 12.4. The van der Waals surface area contributed by atoms with Gasteiger partial charge in [-0.3, -0.25) is 9.36 Å². The Morgan fingerprint density at radius 1 is 1.00 bits per heavy atom. The van der Waals surface area contributed by atoms with Crippen LogP contribution in [0.2, 0.25) is 10.0 Å². The Morgan fingerprint density at radius 2 is 1.75 bits per heavy atom. The van der Waals surface area contributed by atoms with Crippen LogP contribution in [-0.2, 0) is 16.6 Å². The highest BCUT2D eigenvalue weighted by molar-refractivity contribution is 7.89. The third-order valence-electron chi connectivity index (χ3n) is 4.69. The van der Waals surface area contributed by atoms with Crippen LogP contribution in [0.1, 0.15) is 5.56 Å². The minimum absolute atomic E-state index is 0.0689. The number of benzene rings is 3. The number of sulfonamides is 1. The summed E-state index contributed by atoms with van der Waals surface area (Å²) in [5.74, 6) is 0.488. The average Bonchev–Trinajstić information content (AvgIpc) is 3.08. The standard InChI is InChI=1S/C22H18Cl2N2O4S2/c23-16-7-5-15(6-8-16)14-26-19-10-9-17(13-21(19)31-22(26)27)32(28,29)25-11-12-30-20-4-2-1-3-18(20)24/h1-10,13,25H,11-12,14H2. The fourth-order valence-corrected chi connectivity index (χ4v) is 5.48. The van der Waals surface area contributed by atoms with E-state index >= 15 is 0 Å². The Labute approximate surface area is 199 Å². The molecule has 166 valence electrons. The molecule has 0 radical (unpaired) electrons. The van der Waals surface area contributed by atoms with Crippen LogP contribution in [0.25, 0.3) is 10.2 Å². The van der Waals surface area contributed by atoms with Crippen LogP contribution in [0.5, 0.6) is 5.75 Å². The smallest absolute Gasteiger partial charge is 0.308 e. The molecule has 0 aliphatic heterocycles. The highest BCUT2D eigenvalue weighted by Gasteiger charge is 2.17. The van der Waals surface area contributed by atoms with Crippen molar-refractivity contribution < 1.29 is 13.2 Å². The zero-order chi connectivity index (χ0) is 22.7.